The van der Waals surface area contributed by atoms with Gasteiger partial charge in [-0.25, -0.2) is 8.42 Å². The summed E-state index contributed by atoms with van der Waals surface area (Å²) >= 11 is 6.72. The summed E-state index contributed by atoms with van der Waals surface area (Å²) in [6.07, 6.45) is 0. The average molecular weight is 283 g/mol. The fraction of sp³-hybridized carbons (Fsp3) is 0.750. The van der Waals surface area contributed by atoms with Crippen LogP contribution in [0.2, 0.25) is 0 Å². The number of thioether (sulfide) groups is 1. The number of aliphatic imine (C=N–C) groups is 1. The van der Waals surface area contributed by atoms with Crippen molar-refractivity contribution in [2.75, 3.05) is 24.4 Å². The average Bonchev–Trinajstić information content (AvgIpc) is 2.63. The largest absolute Gasteiger partial charge is 0.349 e. The van der Waals surface area contributed by atoms with Crippen LogP contribution in [0.25, 0.3) is 0 Å². The number of sulfone groups is 1. The second-order valence-electron chi connectivity index (χ2n) is 3.83. The molecule has 0 aromatic heterocycles. The van der Waals surface area contributed by atoms with E-state index < -0.39 is 9.84 Å². The van der Waals surface area contributed by atoms with Gasteiger partial charge in [0.2, 0.25) is 0 Å². The minimum atomic E-state index is -2.92. The smallest absolute Gasteiger partial charge is 0.262 e. The Bertz CT molecular complexity index is 448. The Kier molecular flexibility index (Phi) is 3.20. The van der Waals surface area contributed by atoms with Gasteiger partial charge in [0.05, 0.1) is 17.5 Å². The van der Waals surface area contributed by atoms with Gasteiger partial charge in [-0.2, -0.15) is 4.99 Å². The Labute approximate surface area is 103 Å². The number of amidine groups is 1. The fourth-order valence-electron chi connectivity index (χ4n) is 1.87. The van der Waals surface area contributed by atoms with E-state index in [4.69, 9.17) is 11.6 Å². The number of alkyl halides is 1. The minimum absolute atomic E-state index is 0.00289. The van der Waals surface area contributed by atoms with E-state index in [1.165, 1.54) is 11.8 Å². The zero-order valence-electron chi connectivity index (χ0n) is 8.59. The Hall–Kier alpha value is -0.270. The van der Waals surface area contributed by atoms with Crippen molar-refractivity contribution >= 4 is 44.3 Å². The van der Waals surface area contributed by atoms with Crippen LogP contribution in [0.1, 0.15) is 0 Å². The van der Waals surface area contributed by atoms with Crippen LogP contribution in [-0.4, -0.2) is 60.1 Å². The van der Waals surface area contributed by atoms with Crippen molar-refractivity contribution in [2.24, 2.45) is 4.99 Å². The summed E-state index contributed by atoms with van der Waals surface area (Å²) in [7, 11) is -1.16. The maximum Gasteiger partial charge on any atom is 0.262 e. The molecule has 0 saturated carbocycles. The second kappa shape index (κ2) is 4.19. The topological polar surface area (TPSA) is 66.8 Å². The number of fused-ring (bicyclic) bond motifs is 1. The molecule has 5 nitrogen and oxygen atoms in total. The van der Waals surface area contributed by atoms with Crippen LogP contribution in [0.5, 0.6) is 0 Å². The molecule has 0 aromatic rings. The zero-order valence-corrected chi connectivity index (χ0v) is 11.0. The van der Waals surface area contributed by atoms with E-state index in [2.05, 4.69) is 4.99 Å². The van der Waals surface area contributed by atoms with Crippen molar-refractivity contribution in [3.63, 3.8) is 0 Å². The summed E-state index contributed by atoms with van der Waals surface area (Å²) in [5.74, 6) is -0.222. The van der Waals surface area contributed by atoms with E-state index in [9.17, 15) is 13.2 Å². The molecule has 1 amide bonds. The van der Waals surface area contributed by atoms with Crippen molar-refractivity contribution in [3.05, 3.63) is 0 Å². The van der Waals surface area contributed by atoms with Crippen LogP contribution in [0, 0.1) is 0 Å². The molecule has 2 aliphatic rings. The third-order valence-electron chi connectivity index (χ3n) is 2.66. The molecule has 0 aromatic carbocycles. The first kappa shape index (κ1) is 12.2. The number of hydrogen-bond acceptors (Lipinski definition) is 4. The molecule has 2 aliphatic heterocycles. The molecule has 2 saturated heterocycles. The molecule has 0 radical (unpaired) electrons. The number of carbonyl (C=O) groups excluding carboxylic acids is 1. The van der Waals surface area contributed by atoms with Crippen molar-refractivity contribution in [3.8, 4) is 0 Å². The van der Waals surface area contributed by atoms with E-state index in [1.54, 1.807) is 11.9 Å². The third kappa shape index (κ3) is 2.21. The quantitative estimate of drug-likeness (QED) is 0.631. The predicted molar refractivity (Wildman–Crippen MR) is 64.7 cm³/mol. The highest BCUT2D eigenvalue weighted by molar-refractivity contribution is 8.15. The van der Waals surface area contributed by atoms with E-state index in [-0.39, 0.29) is 34.6 Å². The Balaban J connectivity index is 2.17. The molecule has 0 unspecified atom stereocenters. The first-order chi connectivity index (χ1) is 7.43. The molecule has 2 atom stereocenters. The van der Waals surface area contributed by atoms with Gasteiger partial charge in [0.15, 0.2) is 15.0 Å². The summed E-state index contributed by atoms with van der Waals surface area (Å²) in [6, 6.07) is -0.0584. The van der Waals surface area contributed by atoms with Gasteiger partial charge in [-0.3, -0.25) is 4.79 Å². The van der Waals surface area contributed by atoms with Gasteiger partial charge in [-0.05, 0) is 0 Å². The lowest BCUT2D eigenvalue weighted by Crippen LogP contribution is -2.34. The summed E-state index contributed by atoms with van der Waals surface area (Å²) in [4.78, 5) is 16.7. The summed E-state index contributed by atoms with van der Waals surface area (Å²) < 4.78 is 22.8. The van der Waals surface area contributed by atoms with Gasteiger partial charge < -0.3 is 4.90 Å². The molecule has 2 fully saturated rings. The van der Waals surface area contributed by atoms with Crippen LogP contribution in [0.3, 0.4) is 0 Å². The molecule has 0 bridgehead atoms. The van der Waals surface area contributed by atoms with Crippen LogP contribution >= 0.6 is 23.4 Å². The first-order valence-electron chi connectivity index (χ1n) is 4.70. The molecule has 0 N–H and O–H groups in total. The third-order valence-corrected chi connectivity index (χ3v) is 6.19. The van der Waals surface area contributed by atoms with Gasteiger partial charge >= 0.3 is 0 Å². The zero-order chi connectivity index (χ0) is 11.9. The van der Waals surface area contributed by atoms with Gasteiger partial charge in [-0.1, -0.05) is 11.8 Å². The standard InChI is InChI=1S/C8H11ClN2O3S2/c1-11-5-3-16(13,14)4-6(5)15-8(11)10-7(12)2-9/h5-6H,2-4H2,1H3/t5-,6+/m1/s1. The minimum Gasteiger partial charge on any atom is -0.349 e. The molecule has 0 aliphatic carbocycles. The maximum absolute atomic E-state index is 11.4. The van der Waals surface area contributed by atoms with Crippen LogP contribution in [-0.2, 0) is 14.6 Å². The normalized spacial score (nSPS) is 34.4. The summed E-state index contributed by atoms with van der Waals surface area (Å²) in [5.41, 5.74) is 0. The summed E-state index contributed by atoms with van der Waals surface area (Å²) in [6.45, 7) is 0. The van der Waals surface area contributed by atoms with Gasteiger partial charge in [0.25, 0.3) is 5.91 Å². The number of amides is 1. The highest BCUT2D eigenvalue weighted by Crippen LogP contribution is 2.36. The van der Waals surface area contributed by atoms with E-state index in [0.29, 0.717) is 5.17 Å². The van der Waals surface area contributed by atoms with Crippen LogP contribution in [0.15, 0.2) is 4.99 Å². The fourth-order valence-corrected chi connectivity index (χ4v) is 5.95. The molecule has 8 heteroatoms. The van der Waals surface area contributed by atoms with Crippen molar-refractivity contribution in [1.82, 2.24) is 4.90 Å². The molecule has 2 heterocycles. The second-order valence-corrected chi connectivity index (χ2v) is 7.46. The van der Waals surface area contributed by atoms with E-state index in [1.807, 2.05) is 0 Å². The number of carbonyl (C=O) groups is 1. The molecular weight excluding hydrogens is 272 g/mol. The van der Waals surface area contributed by atoms with Crippen LogP contribution < -0.4 is 0 Å². The van der Waals surface area contributed by atoms with Gasteiger partial charge in [0.1, 0.15) is 5.88 Å². The molecule has 0 spiro atoms. The van der Waals surface area contributed by atoms with Crippen LogP contribution in [0.4, 0.5) is 0 Å². The van der Waals surface area contributed by atoms with E-state index >= 15 is 0 Å². The highest BCUT2D eigenvalue weighted by atomic mass is 35.5. The lowest BCUT2D eigenvalue weighted by Gasteiger charge is -2.17. The monoisotopic (exact) mass is 282 g/mol. The Morgan fingerprint density at radius 3 is 2.88 bits per heavy atom. The number of hydrogen-bond donors (Lipinski definition) is 0. The van der Waals surface area contributed by atoms with Gasteiger partial charge in [-0.15, -0.1) is 11.6 Å². The van der Waals surface area contributed by atoms with Crippen molar-refractivity contribution < 1.29 is 13.2 Å². The Morgan fingerprint density at radius 2 is 2.31 bits per heavy atom. The first-order valence-corrected chi connectivity index (χ1v) is 7.94. The lowest BCUT2D eigenvalue weighted by molar-refractivity contribution is -0.115. The van der Waals surface area contributed by atoms with Crippen molar-refractivity contribution in [1.29, 1.82) is 0 Å². The van der Waals surface area contributed by atoms with Gasteiger partial charge in [0, 0.05) is 12.3 Å². The number of halogens is 1. The Morgan fingerprint density at radius 1 is 1.62 bits per heavy atom. The predicted octanol–water partition coefficient (Wildman–Crippen LogP) is -0.0480. The molecule has 2 rings (SSSR count). The number of rotatable bonds is 1. The SMILES string of the molecule is CN1C(=NC(=O)CCl)S[C@H]2CS(=O)(=O)C[C@H]21. The number of nitrogens with zero attached hydrogens (tertiary/aromatic N) is 2. The maximum atomic E-state index is 11.4. The van der Waals surface area contributed by atoms with Crippen molar-refractivity contribution in [2.45, 2.75) is 11.3 Å². The molecule has 90 valence electrons. The molecule has 16 heavy (non-hydrogen) atoms. The lowest BCUT2D eigenvalue weighted by atomic mass is 10.2. The summed E-state index contributed by atoms with van der Waals surface area (Å²) in [5, 5.41) is 0.576. The van der Waals surface area contributed by atoms with E-state index in [0.717, 1.165) is 0 Å². The molecular formula is C8H11ClN2O3S2. The highest BCUT2D eigenvalue weighted by Gasteiger charge is 2.47.